The molecule has 0 bridgehead atoms. The zero-order valence-corrected chi connectivity index (χ0v) is 13.2. The molecule has 1 N–H and O–H groups in total. The summed E-state index contributed by atoms with van der Waals surface area (Å²) in [6, 6.07) is 13.1. The SMILES string of the molecule is CC(C)NCc1ccc(-c2ccccc2C(C)(C)C)o1. The average Bonchev–Trinajstić information content (AvgIpc) is 2.84. The first-order chi connectivity index (χ1) is 9.38. The van der Waals surface area contributed by atoms with Gasteiger partial charge in [-0.15, -0.1) is 0 Å². The number of rotatable bonds is 4. The fourth-order valence-corrected chi connectivity index (χ4v) is 2.27. The normalized spacial score (nSPS) is 12.1. The molecular formula is C18H25NO. The highest BCUT2D eigenvalue weighted by molar-refractivity contribution is 5.64. The summed E-state index contributed by atoms with van der Waals surface area (Å²) in [6.45, 7) is 11.7. The second kappa shape index (κ2) is 5.84. The first-order valence-electron chi connectivity index (χ1n) is 7.30. The maximum absolute atomic E-state index is 5.99. The van der Waals surface area contributed by atoms with Crippen LogP contribution < -0.4 is 5.32 Å². The first kappa shape index (κ1) is 14.9. The van der Waals surface area contributed by atoms with E-state index in [0.717, 1.165) is 18.1 Å². The van der Waals surface area contributed by atoms with Crippen LogP contribution in [-0.4, -0.2) is 6.04 Å². The Morgan fingerprint density at radius 3 is 2.40 bits per heavy atom. The predicted octanol–water partition coefficient (Wildman–Crippen LogP) is 4.74. The minimum absolute atomic E-state index is 0.111. The van der Waals surface area contributed by atoms with E-state index in [1.54, 1.807) is 0 Å². The number of hydrogen-bond acceptors (Lipinski definition) is 2. The zero-order chi connectivity index (χ0) is 14.8. The summed E-state index contributed by atoms with van der Waals surface area (Å²) in [7, 11) is 0. The van der Waals surface area contributed by atoms with E-state index in [1.807, 2.05) is 0 Å². The van der Waals surface area contributed by atoms with Crippen molar-refractivity contribution in [3.05, 3.63) is 47.7 Å². The van der Waals surface area contributed by atoms with E-state index in [1.165, 1.54) is 11.1 Å². The number of nitrogens with one attached hydrogen (secondary N) is 1. The Hall–Kier alpha value is -1.54. The highest BCUT2D eigenvalue weighted by atomic mass is 16.3. The molecule has 2 nitrogen and oxygen atoms in total. The summed E-state index contributed by atoms with van der Waals surface area (Å²) in [5.41, 5.74) is 2.62. The van der Waals surface area contributed by atoms with E-state index in [0.29, 0.717) is 6.04 Å². The molecule has 0 atom stereocenters. The average molecular weight is 271 g/mol. The molecule has 0 unspecified atom stereocenters. The molecule has 1 aromatic heterocycles. The fraction of sp³-hybridized carbons (Fsp3) is 0.444. The van der Waals surface area contributed by atoms with Gasteiger partial charge < -0.3 is 9.73 Å². The van der Waals surface area contributed by atoms with E-state index >= 15 is 0 Å². The van der Waals surface area contributed by atoms with Gasteiger partial charge in [0.05, 0.1) is 6.54 Å². The van der Waals surface area contributed by atoms with E-state index in [9.17, 15) is 0 Å². The van der Waals surface area contributed by atoms with Gasteiger partial charge in [-0.25, -0.2) is 0 Å². The molecule has 1 heterocycles. The van der Waals surface area contributed by atoms with Gasteiger partial charge in [0, 0.05) is 11.6 Å². The van der Waals surface area contributed by atoms with Crippen LogP contribution in [-0.2, 0) is 12.0 Å². The lowest BCUT2D eigenvalue weighted by molar-refractivity contribution is 0.472. The van der Waals surface area contributed by atoms with Gasteiger partial charge in [-0.2, -0.15) is 0 Å². The molecule has 20 heavy (non-hydrogen) atoms. The highest BCUT2D eigenvalue weighted by Gasteiger charge is 2.19. The van der Waals surface area contributed by atoms with Gasteiger partial charge in [-0.3, -0.25) is 0 Å². The van der Waals surface area contributed by atoms with Crippen molar-refractivity contribution in [1.82, 2.24) is 5.32 Å². The van der Waals surface area contributed by atoms with Crippen LogP contribution in [0.3, 0.4) is 0 Å². The van der Waals surface area contributed by atoms with Crippen molar-refractivity contribution < 1.29 is 4.42 Å². The van der Waals surface area contributed by atoms with E-state index in [4.69, 9.17) is 4.42 Å². The first-order valence-corrected chi connectivity index (χ1v) is 7.30. The molecule has 0 amide bonds. The Bertz CT molecular complexity index is 561. The molecule has 0 spiro atoms. The molecule has 0 aliphatic heterocycles. The maximum atomic E-state index is 5.99. The topological polar surface area (TPSA) is 25.2 Å². The lowest BCUT2D eigenvalue weighted by atomic mass is 9.83. The highest BCUT2D eigenvalue weighted by Crippen LogP contribution is 2.33. The van der Waals surface area contributed by atoms with Crippen molar-refractivity contribution >= 4 is 0 Å². The van der Waals surface area contributed by atoms with Crippen molar-refractivity contribution in [2.24, 2.45) is 0 Å². The molecule has 1 aromatic carbocycles. The summed E-state index contributed by atoms with van der Waals surface area (Å²) >= 11 is 0. The van der Waals surface area contributed by atoms with Gasteiger partial charge in [-0.1, -0.05) is 58.9 Å². The van der Waals surface area contributed by atoms with Crippen LogP contribution in [0, 0.1) is 0 Å². The summed E-state index contributed by atoms with van der Waals surface area (Å²) in [5, 5.41) is 3.38. The smallest absolute Gasteiger partial charge is 0.134 e. The van der Waals surface area contributed by atoms with Crippen LogP contribution in [0.1, 0.15) is 45.9 Å². The largest absolute Gasteiger partial charge is 0.460 e. The third kappa shape index (κ3) is 3.51. The Balaban J connectivity index is 2.29. The van der Waals surface area contributed by atoms with Crippen LogP contribution >= 0.6 is 0 Å². The van der Waals surface area contributed by atoms with E-state index < -0.39 is 0 Å². The molecule has 2 aromatic rings. The maximum Gasteiger partial charge on any atom is 0.134 e. The third-order valence-corrected chi connectivity index (χ3v) is 3.35. The molecule has 108 valence electrons. The number of hydrogen-bond donors (Lipinski definition) is 1. The van der Waals surface area contributed by atoms with Gasteiger partial charge in [0.25, 0.3) is 0 Å². The van der Waals surface area contributed by atoms with Gasteiger partial charge in [0.15, 0.2) is 0 Å². The Morgan fingerprint density at radius 1 is 1.05 bits per heavy atom. The molecule has 0 radical (unpaired) electrons. The summed E-state index contributed by atoms with van der Waals surface area (Å²) < 4.78 is 5.99. The van der Waals surface area contributed by atoms with Gasteiger partial charge in [0.1, 0.15) is 11.5 Å². The lowest BCUT2D eigenvalue weighted by Crippen LogP contribution is -2.21. The summed E-state index contributed by atoms with van der Waals surface area (Å²) in [4.78, 5) is 0. The molecule has 0 aliphatic rings. The van der Waals surface area contributed by atoms with Crippen LogP contribution in [0.15, 0.2) is 40.8 Å². The van der Waals surface area contributed by atoms with Crippen molar-refractivity contribution in [2.75, 3.05) is 0 Å². The Labute approximate surface area is 122 Å². The number of furan rings is 1. The van der Waals surface area contributed by atoms with Gasteiger partial charge in [-0.05, 0) is 23.1 Å². The fourth-order valence-electron chi connectivity index (χ4n) is 2.27. The van der Waals surface area contributed by atoms with Crippen molar-refractivity contribution in [3.8, 4) is 11.3 Å². The second-order valence-electron chi connectivity index (χ2n) is 6.60. The second-order valence-corrected chi connectivity index (χ2v) is 6.60. The molecule has 0 saturated carbocycles. The Kier molecular flexibility index (Phi) is 4.34. The zero-order valence-electron chi connectivity index (χ0n) is 13.2. The van der Waals surface area contributed by atoms with E-state index in [2.05, 4.69) is 76.3 Å². The van der Waals surface area contributed by atoms with Gasteiger partial charge in [0.2, 0.25) is 0 Å². The molecular weight excluding hydrogens is 246 g/mol. The third-order valence-electron chi connectivity index (χ3n) is 3.35. The molecule has 0 saturated heterocycles. The quantitative estimate of drug-likeness (QED) is 0.868. The standard InChI is InChI=1S/C18H25NO/c1-13(2)19-12-14-10-11-17(20-14)15-8-6-7-9-16(15)18(3,4)5/h6-11,13,19H,12H2,1-5H3. The van der Waals surface area contributed by atoms with Crippen molar-refractivity contribution in [3.63, 3.8) is 0 Å². The lowest BCUT2D eigenvalue weighted by Gasteiger charge is -2.21. The van der Waals surface area contributed by atoms with Crippen LogP contribution in [0.2, 0.25) is 0 Å². The predicted molar refractivity (Wildman–Crippen MR) is 84.8 cm³/mol. The molecule has 0 aliphatic carbocycles. The van der Waals surface area contributed by atoms with Crippen LogP contribution in [0.5, 0.6) is 0 Å². The molecule has 0 fully saturated rings. The van der Waals surface area contributed by atoms with Crippen molar-refractivity contribution in [2.45, 2.75) is 52.6 Å². The monoisotopic (exact) mass is 271 g/mol. The van der Waals surface area contributed by atoms with Crippen LogP contribution in [0.4, 0.5) is 0 Å². The van der Waals surface area contributed by atoms with E-state index in [-0.39, 0.29) is 5.41 Å². The Morgan fingerprint density at radius 2 is 1.75 bits per heavy atom. The van der Waals surface area contributed by atoms with Crippen molar-refractivity contribution in [1.29, 1.82) is 0 Å². The number of benzene rings is 1. The van der Waals surface area contributed by atoms with Gasteiger partial charge >= 0.3 is 0 Å². The minimum Gasteiger partial charge on any atom is -0.460 e. The summed E-state index contributed by atoms with van der Waals surface area (Å²) in [5.74, 6) is 1.94. The molecule has 2 rings (SSSR count). The van der Waals surface area contributed by atoms with Crippen LogP contribution in [0.25, 0.3) is 11.3 Å². The summed E-state index contributed by atoms with van der Waals surface area (Å²) in [6.07, 6.45) is 0. The molecule has 2 heteroatoms. The minimum atomic E-state index is 0.111.